The van der Waals surface area contributed by atoms with E-state index in [9.17, 15) is 19.0 Å². The Morgan fingerprint density at radius 2 is 1.08 bits per heavy atom. The smallest absolute Gasteiger partial charge is 0.218 e. The number of aromatic hydroxyl groups is 2. The molecule has 4 aliphatic heterocycles. The molecule has 5 N–H and O–H groups in total. The molecule has 376 valence electrons. The monoisotopic (exact) mass is 1010 g/mol. The molecule has 4 fully saturated rings. The van der Waals surface area contributed by atoms with Crippen molar-refractivity contribution in [1.82, 2.24) is 40.8 Å². The molecular weight excluding hydrogens is 961 g/mol. The molecule has 5 aromatic heterocycles. The summed E-state index contributed by atoms with van der Waals surface area (Å²) in [5.74, 6) is 3.77. The fraction of sp³-hybridized carbons (Fsp3) is 0.259. The Hall–Kier alpha value is -8.51. The van der Waals surface area contributed by atoms with Gasteiger partial charge in [0.15, 0.2) is 11.6 Å². The van der Waals surface area contributed by atoms with Crippen molar-refractivity contribution in [3.8, 4) is 76.0 Å². The van der Waals surface area contributed by atoms with Gasteiger partial charge in [-0.05, 0) is 98.3 Å². The summed E-state index contributed by atoms with van der Waals surface area (Å²) >= 11 is 0. The fourth-order valence-corrected chi connectivity index (χ4v) is 11.9. The number of nitrogens with one attached hydrogen (secondary N) is 3. The molecule has 9 aromatic rings. The first-order valence-corrected chi connectivity index (χ1v) is 24.7. The minimum absolute atomic E-state index is 0.00891. The molecule has 13 rings (SSSR count). The average molecular weight is 1010 g/mol. The number of hydrogen-bond donors (Lipinski definition) is 5. The van der Waals surface area contributed by atoms with Crippen LogP contribution in [0.3, 0.4) is 0 Å². The van der Waals surface area contributed by atoms with Crippen molar-refractivity contribution >= 4 is 54.7 Å². The van der Waals surface area contributed by atoms with E-state index in [1.165, 1.54) is 55.6 Å². The minimum Gasteiger partial charge on any atom is -0.508 e. The summed E-state index contributed by atoms with van der Waals surface area (Å²) in [6.07, 6.45) is 20.5. The van der Waals surface area contributed by atoms with Crippen LogP contribution in [0.2, 0.25) is 0 Å². The van der Waals surface area contributed by atoms with Crippen LogP contribution < -0.4 is 25.2 Å². The maximum atomic E-state index is 16.8. The highest BCUT2D eigenvalue weighted by Gasteiger charge is 2.36. The van der Waals surface area contributed by atoms with E-state index >= 15 is 8.78 Å². The molecule has 17 heteroatoms. The number of terminal acetylenes is 2. The number of phenols is 2. The lowest BCUT2D eigenvalue weighted by molar-refractivity contribution is 0.394. The summed E-state index contributed by atoms with van der Waals surface area (Å²) in [5, 5.41) is 38.6. The van der Waals surface area contributed by atoms with E-state index in [-0.39, 0.29) is 45.1 Å². The normalized spacial score (nSPS) is 18.9. The van der Waals surface area contributed by atoms with E-state index in [0.717, 1.165) is 51.9 Å². The first-order valence-electron chi connectivity index (χ1n) is 24.7. The molecule has 4 unspecified atom stereocenters. The molecule has 0 radical (unpaired) electrons. The van der Waals surface area contributed by atoms with Crippen LogP contribution in [0.25, 0.3) is 77.0 Å². The highest BCUT2D eigenvalue weighted by atomic mass is 19.1. The summed E-state index contributed by atoms with van der Waals surface area (Å²) in [6.45, 7) is 6.60. The number of aryl methyl sites for hydroxylation is 2. The van der Waals surface area contributed by atoms with Gasteiger partial charge in [-0.3, -0.25) is 15.1 Å². The van der Waals surface area contributed by atoms with Gasteiger partial charge in [-0.15, -0.1) is 12.8 Å². The predicted molar refractivity (Wildman–Crippen MR) is 282 cm³/mol. The van der Waals surface area contributed by atoms with Gasteiger partial charge in [-0.2, -0.15) is 10.1 Å². The molecule has 4 bridgehead atoms. The predicted octanol–water partition coefficient (Wildman–Crippen LogP) is 9.73. The molecule has 0 aliphatic carbocycles. The van der Waals surface area contributed by atoms with Gasteiger partial charge in [0.05, 0.1) is 29.6 Å². The van der Waals surface area contributed by atoms with E-state index in [2.05, 4.69) is 52.4 Å². The topological polar surface area (TPSA) is 160 Å². The molecule has 0 spiro atoms. The number of piperazine rings is 2. The summed E-state index contributed by atoms with van der Waals surface area (Å²) in [6, 6.07) is 14.4. The molecular formula is C58H48F4N10O3. The van der Waals surface area contributed by atoms with Gasteiger partial charge in [0.25, 0.3) is 0 Å². The van der Waals surface area contributed by atoms with Crippen molar-refractivity contribution in [2.45, 2.75) is 63.7 Å². The molecule has 4 aliphatic rings. The summed E-state index contributed by atoms with van der Waals surface area (Å²) in [5.41, 5.74) is 2.77. The Balaban J connectivity index is 0.000000152. The Labute approximate surface area is 428 Å². The van der Waals surface area contributed by atoms with Crippen molar-refractivity contribution in [1.29, 1.82) is 0 Å². The standard InChI is InChI=1S/C30H24F2N6O.C28H24F2N4O2/c1-3-20-23(31)7-4-16-10-19(39)11-21(26(16)20)29-27(32)25-15(2)28(24-8-9-34-37-24)36-30(22(25)12-33-29)38-13-17-5-6-18(14-38)35-17;1-4-19-22(29)8-5-15-9-18(35)10-20(24(15)19)26-25(30)23-14(2)28(36-3)33-27(21(23)11-31-26)34-12-16-6-7-17(13-34)32-16/h1,4,7-12,17-18,35,39H,5-6,13-14H2,2H3,(H,34,37);1,5,8-11,16-17,32,35H,6-7,12-13H2,2-3H3. The van der Waals surface area contributed by atoms with Crippen LogP contribution in [0, 0.1) is 61.8 Å². The lowest BCUT2D eigenvalue weighted by atomic mass is 9.94. The van der Waals surface area contributed by atoms with Crippen molar-refractivity contribution in [3.63, 3.8) is 0 Å². The van der Waals surface area contributed by atoms with Crippen LogP contribution in [0.1, 0.15) is 47.9 Å². The third-order valence-corrected chi connectivity index (χ3v) is 15.3. The van der Waals surface area contributed by atoms with Gasteiger partial charge in [0.1, 0.15) is 46.2 Å². The average Bonchev–Trinajstić information content (AvgIpc) is 4.16. The van der Waals surface area contributed by atoms with E-state index < -0.39 is 23.3 Å². The van der Waals surface area contributed by atoms with Crippen LogP contribution in [0.15, 0.2) is 73.2 Å². The summed E-state index contributed by atoms with van der Waals surface area (Å²) in [4.78, 5) is 23.1. The van der Waals surface area contributed by atoms with Crippen LogP contribution in [0.4, 0.5) is 29.2 Å². The number of pyridine rings is 4. The maximum Gasteiger partial charge on any atom is 0.218 e. The second kappa shape index (κ2) is 18.5. The van der Waals surface area contributed by atoms with Gasteiger partial charge in [0.2, 0.25) is 5.88 Å². The van der Waals surface area contributed by atoms with Gasteiger partial charge in [-0.1, -0.05) is 24.0 Å². The number of benzene rings is 4. The van der Waals surface area contributed by atoms with Gasteiger partial charge in [-0.25, -0.2) is 22.5 Å². The number of ether oxygens (including phenoxy) is 1. The Morgan fingerprint density at radius 3 is 1.52 bits per heavy atom. The fourth-order valence-electron chi connectivity index (χ4n) is 11.9. The summed E-state index contributed by atoms with van der Waals surface area (Å²) in [7, 11) is 1.51. The second-order valence-corrected chi connectivity index (χ2v) is 19.8. The number of aromatic nitrogens is 6. The molecule has 4 aromatic carbocycles. The minimum atomic E-state index is -0.607. The number of H-pyrrole nitrogens is 1. The number of hydrogen-bond acceptors (Lipinski definition) is 12. The van der Waals surface area contributed by atoms with Gasteiger partial charge < -0.3 is 35.4 Å². The van der Waals surface area contributed by atoms with Crippen LogP contribution in [-0.2, 0) is 0 Å². The number of methoxy groups -OCH3 is 1. The third-order valence-electron chi connectivity index (χ3n) is 15.3. The zero-order chi connectivity index (χ0) is 52.0. The van der Waals surface area contributed by atoms with Crippen molar-refractivity contribution in [2.24, 2.45) is 0 Å². The zero-order valence-electron chi connectivity index (χ0n) is 41.0. The SMILES string of the molecule is C#Cc1c(F)ccc2cc(O)cc(-c3ncc4c(N5CC6CCC(C5)N6)nc(-c5ccn[nH]5)c(C)c4c3F)c12.C#Cc1c(F)ccc2cc(O)cc(-c3ncc4c(N5CC6CCC(C5)N6)nc(OC)c(C)c4c3F)c12. The van der Waals surface area contributed by atoms with E-state index in [1.54, 1.807) is 31.6 Å². The van der Waals surface area contributed by atoms with Gasteiger partial charge >= 0.3 is 0 Å². The highest BCUT2D eigenvalue weighted by molar-refractivity contribution is 6.06. The molecule has 0 amide bonds. The Bertz CT molecular complexity index is 3910. The molecule has 4 saturated heterocycles. The van der Waals surface area contributed by atoms with Gasteiger partial charge in [0, 0.05) is 118 Å². The number of halogens is 4. The molecule has 0 saturated carbocycles. The van der Waals surface area contributed by atoms with E-state index in [0.29, 0.717) is 107 Å². The summed E-state index contributed by atoms with van der Waals surface area (Å²) < 4.78 is 68.1. The Morgan fingerprint density at radius 1 is 0.613 bits per heavy atom. The van der Waals surface area contributed by atoms with Crippen molar-refractivity contribution in [3.05, 3.63) is 119 Å². The third kappa shape index (κ3) is 7.93. The number of anilines is 2. The van der Waals surface area contributed by atoms with Crippen LogP contribution >= 0.6 is 0 Å². The quantitative estimate of drug-likeness (QED) is 0.0794. The van der Waals surface area contributed by atoms with Crippen LogP contribution in [-0.4, -0.2) is 97.8 Å². The first-order chi connectivity index (χ1) is 36.3. The van der Waals surface area contributed by atoms with E-state index in [4.69, 9.17) is 27.6 Å². The molecule has 9 heterocycles. The zero-order valence-corrected chi connectivity index (χ0v) is 41.0. The van der Waals surface area contributed by atoms with Crippen molar-refractivity contribution in [2.75, 3.05) is 43.1 Å². The molecule has 13 nitrogen and oxygen atoms in total. The number of aromatic amines is 1. The Kier molecular flexibility index (Phi) is 11.7. The second-order valence-electron chi connectivity index (χ2n) is 19.8. The molecule has 75 heavy (non-hydrogen) atoms. The number of fused-ring (bicyclic) bond motifs is 8. The maximum absolute atomic E-state index is 16.8. The number of rotatable bonds is 6. The molecule has 4 atom stereocenters. The number of nitrogens with zero attached hydrogens (tertiary/aromatic N) is 7. The first kappa shape index (κ1) is 47.5. The van der Waals surface area contributed by atoms with Crippen LogP contribution in [0.5, 0.6) is 17.4 Å². The highest BCUT2D eigenvalue weighted by Crippen LogP contribution is 2.44. The lowest BCUT2D eigenvalue weighted by Gasteiger charge is -2.34. The van der Waals surface area contributed by atoms with Crippen molar-refractivity contribution < 1.29 is 32.5 Å². The van der Waals surface area contributed by atoms with E-state index in [1.807, 2.05) is 6.92 Å². The largest absolute Gasteiger partial charge is 0.508 e. The number of phenolic OH excluding ortho intramolecular Hbond substituents is 2. The lowest BCUT2D eigenvalue weighted by Crippen LogP contribution is -2.51.